The second-order valence-electron chi connectivity index (χ2n) is 5.76. The van der Waals surface area contributed by atoms with Crippen molar-refractivity contribution < 1.29 is 18.8 Å². The Morgan fingerprint density at radius 2 is 2.14 bits per heavy atom. The molecule has 0 aliphatic rings. The molecule has 1 amide bonds. The first-order valence-corrected chi connectivity index (χ1v) is 6.81. The highest BCUT2D eigenvalue weighted by Crippen LogP contribution is 2.25. The van der Waals surface area contributed by atoms with Crippen molar-refractivity contribution in [2.75, 3.05) is 13.2 Å². The van der Waals surface area contributed by atoms with Gasteiger partial charge in [-0.2, -0.15) is 0 Å². The summed E-state index contributed by atoms with van der Waals surface area (Å²) in [6.45, 7) is 8.04. The van der Waals surface area contributed by atoms with Crippen molar-refractivity contribution >= 4 is 17.1 Å². The van der Waals surface area contributed by atoms with Gasteiger partial charge in [-0.1, -0.05) is 11.6 Å². The van der Waals surface area contributed by atoms with E-state index in [4.69, 9.17) is 14.0 Å². The van der Waals surface area contributed by atoms with Crippen LogP contribution in [0.25, 0.3) is 11.0 Å². The number of fused-ring (bicyclic) bond motifs is 1. The molecule has 2 rings (SSSR count). The summed E-state index contributed by atoms with van der Waals surface area (Å²) in [5.41, 5.74) is 1.27. The number of benzene rings is 1. The first-order valence-electron chi connectivity index (χ1n) is 6.81. The molecule has 6 nitrogen and oxygen atoms in total. The van der Waals surface area contributed by atoms with Gasteiger partial charge in [0.15, 0.2) is 5.58 Å². The quantitative estimate of drug-likeness (QED) is 0.877. The minimum Gasteiger partial charge on any atom is -0.473 e. The van der Waals surface area contributed by atoms with Crippen LogP contribution in [0.2, 0.25) is 0 Å². The van der Waals surface area contributed by atoms with Crippen molar-refractivity contribution in [3.8, 4) is 5.88 Å². The minimum atomic E-state index is -0.509. The van der Waals surface area contributed by atoms with Crippen LogP contribution >= 0.6 is 0 Å². The van der Waals surface area contributed by atoms with Crippen molar-refractivity contribution in [1.29, 1.82) is 0 Å². The molecule has 0 atom stereocenters. The average molecular weight is 292 g/mol. The van der Waals surface area contributed by atoms with Gasteiger partial charge in [0.2, 0.25) is 0 Å². The van der Waals surface area contributed by atoms with Crippen LogP contribution in [0.5, 0.6) is 5.88 Å². The zero-order valence-corrected chi connectivity index (χ0v) is 12.7. The van der Waals surface area contributed by atoms with Gasteiger partial charge in [-0.15, -0.1) is 0 Å². The van der Waals surface area contributed by atoms with Crippen molar-refractivity contribution in [3.05, 3.63) is 23.8 Å². The number of amides is 1. The van der Waals surface area contributed by atoms with Gasteiger partial charge in [0.25, 0.3) is 5.88 Å². The molecular formula is C15H20N2O4. The Labute approximate surface area is 123 Å². The maximum atomic E-state index is 11.5. The standard InChI is InChI=1S/C15H20N2O4/c1-10-5-6-12-11(9-10)13(17-21-12)19-8-7-16-14(18)20-15(2,3)4/h5-6,9H,7-8H2,1-4H3,(H,16,18). The third-order valence-corrected chi connectivity index (χ3v) is 2.60. The number of hydrogen-bond acceptors (Lipinski definition) is 5. The van der Waals surface area contributed by atoms with E-state index in [0.29, 0.717) is 18.0 Å². The molecule has 1 aromatic heterocycles. The summed E-state index contributed by atoms with van der Waals surface area (Å²) in [5.74, 6) is 0.430. The number of nitrogens with zero attached hydrogens (tertiary/aromatic N) is 1. The van der Waals surface area contributed by atoms with Gasteiger partial charge >= 0.3 is 6.09 Å². The van der Waals surface area contributed by atoms with Crippen molar-refractivity contribution in [3.63, 3.8) is 0 Å². The summed E-state index contributed by atoms with van der Waals surface area (Å²) in [5, 5.41) is 7.31. The fourth-order valence-electron chi connectivity index (χ4n) is 1.75. The summed E-state index contributed by atoms with van der Waals surface area (Å²) in [4.78, 5) is 11.5. The highest BCUT2D eigenvalue weighted by atomic mass is 16.6. The van der Waals surface area contributed by atoms with E-state index in [0.717, 1.165) is 10.9 Å². The van der Waals surface area contributed by atoms with Gasteiger partial charge in [0.05, 0.1) is 11.9 Å². The lowest BCUT2D eigenvalue weighted by Gasteiger charge is -2.19. The smallest absolute Gasteiger partial charge is 0.407 e. The average Bonchev–Trinajstić information content (AvgIpc) is 2.75. The molecular weight excluding hydrogens is 272 g/mol. The number of hydrogen-bond donors (Lipinski definition) is 1. The number of aryl methyl sites for hydroxylation is 1. The van der Waals surface area contributed by atoms with Gasteiger partial charge < -0.3 is 19.3 Å². The van der Waals surface area contributed by atoms with Crippen LogP contribution in [-0.2, 0) is 4.74 Å². The van der Waals surface area contributed by atoms with E-state index < -0.39 is 11.7 Å². The molecule has 0 saturated carbocycles. The van der Waals surface area contributed by atoms with E-state index in [9.17, 15) is 4.79 Å². The Kier molecular flexibility index (Phi) is 4.35. The summed E-state index contributed by atoms with van der Waals surface area (Å²) >= 11 is 0. The third-order valence-electron chi connectivity index (χ3n) is 2.60. The molecule has 1 aromatic carbocycles. The van der Waals surface area contributed by atoms with E-state index in [-0.39, 0.29) is 6.61 Å². The molecule has 6 heteroatoms. The normalized spacial score (nSPS) is 11.4. The molecule has 0 spiro atoms. The molecule has 0 fully saturated rings. The Balaban J connectivity index is 1.83. The monoisotopic (exact) mass is 292 g/mol. The number of ether oxygens (including phenoxy) is 2. The molecule has 2 aromatic rings. The van der Waals surface area contributed by atoms with Gasteiger partial charge in [-0.3, -0.25) is 0 Å². The fraction of sp³-hybridized carbons (Fsp3) is 0.467. The van der Waals surface area contributed by atoms with Crippen LogP contribution in [0.15, 0.2) is 22.7 Å². The molecule has 0 aliphatic carbocycles. The number of rotatable bonds is 4. The SMILES string of the molecule is Cc1ccc2onc(OCCNC(=O)OC(C)(C)C)c2c1. The van der Waals surface area contributed by atoms with Gasteiger partial charge in [0, 0.05) is 0 Å². The molecule has 21 heavy (non-hydrogen) atoms. The predicted octanol–water partition coefficient (Wildman–Crippen LogP) is 3.04. The molecule has 0 aliphatic heterocycles. The lowest BCUT2D eigenvalue weighted by Crippen LogP contribution is -2.34. The summed E-state index contributed by atoms with van der Waals surface area (Å²) in [6.07, 6.45) is -0.466. The number of aromatic nitrogens is 1. The van der Waals surface area contributed by atoms with E-state index in [1.807, 2.05) is 45.9 Å². The highest BCUT2D eigenvalue weighted by Gasteiger charge is 2.15. The summed E-state index contributed by atoms with van der Waals surface area (Å²) < 4.78 is 15.8. The first kappa shape index (κ1) is 15.2. The van der Waals surface area contributed by atoms with Crippen LogP contribution in [-0.4, -0.2) is 30.0 Å². The number of carbonyl (C=O) groups excluding carboxylic acids is 1. The highest BCUT2D eigenvalue weighted by molar-refractivity contribution is 5.82. The van der Waals surface area contributed by atoms with Gasteiger partial charge in [0.1, 0.15) is 12.2 Å². The van der Waals surface area contributed by atoms with Crippen LogP contribution in [0.3, 0.4) is 0 Å². The lowest BCUT2D eigenvalue weighted by atomic mass is 10.2. The molecule has 0 saturated heterocycles. The Morgan fingerprint density at radius 3 is 2.86 bits per heavy atom. The maximum Gasteiger partial charge on any atom is 0.407 e. The molecule has 1 N–H and O–H groups in total. The fourth-order valence-corrected chi connectivity index (χ4v) is 1.75. The second kappa shape index (κ2) is 6.03. The van der Waals surface area contributed by atoms with Crippen LogP contribution in [0.4, 0.5) is 4.79 Å². The van der Waals surface area contributed by atoms with E-state index >= 15 is 0 Å². The molecule has 0 radical (unpaired) electrons. The lowest BCUT2D eigenvalue weighted by molar-refractivity contribution is 0.0520. The minimum absolute atomic E-state index is 0.287. The maximum absolute atomic E-state index is 11.5. The van der Waals surface area contributed by atoms with Crippen LogP contribution < -0.4 is 10.1 Å². The van der Waals surface area contributed by atoms with Gasteiger partial charge in [-0.05, 0) is 45.0 Å². The third kappa shape index (κ3) is 4.37. The largest absolute Gasteiger partial charge is 0.473 e. The van der Waals surface area contributed by atoms with Crippen LogP contribution in [0, 0.1) is 6.92 Å². The van der Waals surface area contributed by atoms with Crippen molar-refractivity contribution in [2.45, 2.75) is 33.3 Å². The Hall–Kier alpha value is -2.24. The molecule has 0 unspecified atom stereocenters. The number of alkyl carbamates (subject to hydrolysis) is 1. The van der Waals surface area contributed by atoms with E-state index in [1.54, 1.807) is 0 Å². The van der Waals surface area contributed by atoms with Crippen molar-refractivity contribution in [2.24, 2.45) is 0 Å². The first-order chi connectivity index (χ1) is 9.85. The second-order valence-corrected chi connectivity index (χ2v) is 5.76. The Morgan fingerprint density at radius 1 is 1.38 bits per heavy atom. The van der Waals surface area contributed by atoms with Crippen molar-refractivity contribution in [1.82, 2.24) is 10.5 Å². The summed E-state index contributed by atoms with van der Waals surface area (Å²) in [6, 6.07) is 5.74. The molecule has 0 bridgehead atoms. The van der Waals surface area contributed by atoms with E-state index in [1.165, 1.54) is 0 Å². The van der Waals surface area contributed by atoms with Crippen LogP contribution in [0.1, 0.15) is 26.3 Å². The van der Waals surface area contributed by atoms with Gasteiger partial charge in [-0.25, -0.2) is 4.79 Å². The number of nitrogens with one attached hydrogen (secondary N) is 1. The zero-order chi connectivity index (χ0) is 15.5. The molecule has 1 heterocycles. The number of carbonyl (C=O) groups is 1. The van der Waals surface area contributed by atoms with E-state index in [2.05, 4.69) is 10.5 Å². The zero-order valence-electron chi connectivity index (χ0n) is 12.7. The Bertz CT molecular complexity index is 628. The topological polar surface area (TPSA) is 73.6 Å². The predicted molar refractivity (Wildman–Crippen MR) is 78.5 cm³/mol. The summed E-state index contributed by atoms with van der Waals surface area (Å²) in [7, 11) is 0. The molecule has 114 valence electrons.